The molecule has 2 N–H and O–H groups in total. The van der Waals surface area contributed by atoms with Gasteiger partial charge in [0.2, 0.25) is 11.8 Å². The zero-order chi connectivity index (χ0) is 14.5. The number of amides is 2. The molecule has 1 fully saturated rings. The van der Waals surface area contributed by atoms with E-state index in [1.165, 1.54) is 0 Å². The Bertz CT molecular complexity index is 475. The molecule has 1 aliphatic rings. The zero-order valence-electron chi connectivity index (χ0n) is 11.9. The minimum absolute atomic E-state index is 0.0213. The molecule has 0 spiro atoms. The third kappa shape index (κ3) is 3.57. The fourth-order valence-electron chi connectivity index (χ4n) is 2.31. The lowest BCUT2D eigenvalue weighted by Crippen LogP contribution is -2.55. The van der Waals surface area contributed by atoms with Crippen molar-refractivity contribution in [2.24, 2.45) is 0 Å². The molecule has 5 nitrogen and oxygen atoms in total. The number of nitrogens with one attached hydrogen (secondary N) is 2. The normalized spacial score (nSPS) is 19.0. The summed E-state index contributed by atoms with van der Waals surface area (Å²) in [5.41, 5.74) is 1.07. The minimum atomic E-state index is -0.299. The predicted octanol–water partition coefficient (Wildman–Crippen LogP) is 0.684. The van der Waals surface area contributed by atoms with Crippen molar-refractivity contribution in [3.05, 3.63) is 35.9 Å². The van der Waals surface area contributed by atoms with Crippen LogP contribution in [0.1, 0.15) is 25.5 Å². The lowest BCUT2D eigenvalue weighted by Gasteiger charge is -2.31. The van der Waals surface area contributed by atoms with Gasteiger partial charge >= 0.3 is 0 Å². The maximum Gasteiger partial charge on any atom is 0.237 e. The first-order valence-electron chi connectivity index (χ1n) is 6.94. The first-order chi connectivity index (χ1) is 9.58. The second-order valence-corrected chi connectivity index (χ2v) is 5.14. The highest BCUT2D eigenvalue weighted by molar-refractivity contribution is 5.84. The number of carbonyl (C=O) groups is 2. The summed E-state index contributed by atoms with van der Waals surface area (Å²) >= 11 is 0. The molecular weight excluding hydrogens is 254 g/mol. The molecule has 0 unspecified atom stereocenters. The largest absolute Gasteiger partial charge is 0.354 e. The highest BCUT2D eigenvalue weighted by Crippen LogP contribution is 2.12. The van der Waals surface area contributed by atoms with Crippen LogP contribution in [0.3, 0.4) is 0 Å². The molecule has 0 radical (unpaired) electrons. The third-order valence-corrected chi connectivity index (χ3v) is 3.65. The van der Waals surface area contributed by atoms with Gasteiger partial charge in [-0.25, -0.2) is 0 Å². The van der Waals surface area contributed by atoms with Gasteiger partial charge in [-0.3, -0.25) is 14.5 Å². The molecule has 0 bridgehead atoms. The van der Waals surface area contributed by atoms with Crippen LogP contribution in [0.5, 0.6) is 0 Å². The Morgan fingerprint density at radius 2 is 2.00 bits per heavy atom. The van der Waals surface area contributed by atoms with Crippen LogP contribution < -0.4 is 10.6 Å². The van der Waals surface area contributed by atoms with Crippen molar-refractivity contribution >= 4 is 11.8 Å². The molecule has 0 saturated carbocycles. The first-order valence-corrected chi connectivity index (χ1v) is 6.94. The number of rotatable bonds is 4. The van der Waals surface area contributed by atoms with Crippen LogP contribution >= 0.6 is 0 Å². The van der Waals surface area contributed by atoms with E-state index in [-0.39, 0.29) is 30.4 Å². The van der Waals surface area contributed by atoms with Crippen molar-refractivity contribution < 1.29 is 9.59 Å². The van der Waals surface area contributed by atoms with Gasteiger partial charge in [-0.1, -0.05) is 30.3 Å². The van der Waals surface area contributed by atoms with Crippen LogP contribution in [0.4, 0.5) is 0 Å². The molecule has 20 heavy (non-hydrogen) atoms. The number of benzene rings is 1. The summed E-state index contributed by atoms with van der Waals surface area (Å²) in [6.45, 7) is 5.40. The molecule has 1 aromatic rings. The standard InChI is InChI=1S/C15H21N3O2/c1-11(13-6-4-3-5-7-13)17-15(20)12(2)18-9-8-16-14(19)10-18/h3-7,11-12H,8-10H2,1-2H3,(H,16,19)(H,17,20)/t11-,12-/m1/s1. The van der Waals surface area contributed by atoms with Gasteiger partial charge in [0.25, 0.3) is 0 Å². The average Bonchev–Trinajstić information content (AvgIpc) is 2.47. The zero-order valence-corrected chi connectivity index (χ0v) is 11.9. The fraction of sp³-hybridized carbons (Fsp3) is 0.467. The number of piperazine rings is 1. The van der Waals surface area contributed by atoms with Gasteiger partial charge in [0.15, 0.2) is 0 Å². The molecule has 1 heterocycles. The van der Waals surface area contributed by atoms with Crippen LogP contribution in [0.15, 0.2) is 30.3 Å². The number of hydrogen-bond acceptors (Lipinski definition) is 3. The van der Waals surface area contributed by atoms with E-state index in [9.17, 15) is 9.59 Å². The molecule has 108 valence electrons. The SMILES string of the molecule is C[C@H](C(=O)N[C@H](C)c1ccccc1)N1CCNC(=O)C1. The molecule has 5 heteroatoms. The second kappa shape index (κ2) is 6.52. The van der Waals surface area contributed by atoms with Gasteiger partial charge < -0.3 is 10.6 Å². The molecular formula is C15H21N3O2. The van der Waals surface area contributed by atoms with E-state index in [0.717, 1.165) is 5.56 Å². The minimum Gasteiger partial charge on any atom is -0.354 e. The van der Waals surface area contributed by atoms with Crippen molar-refractivity contribution in [3.8, 4) is 0 Å². The molecule has 0 aromatic heterocycles. The Morgan fingerprint density at radius 3 is 2.65 bits per heavy atom. The number of hydrogen-bond donors (Lipinski definition) is 2. The van der Waals surface area contributed by atoms with Crippen molar-refractivity contribution in [2.75, 3.05) is 19.6 Å². The summed E-state index contributed by atoms with van der Waals surface area (Å²) in [7, 11) is 0. The van der Waals surface area contributed by atoms with Crippen molar-refractivity contribution in [2.45, 2.75) is 25.9 Å². The van der Waals surface area contributed by atoms with Crippen molar-refractivity contribution in [1.29, 1.82) is 0 Å². The van der Waals surface area contributed by atoms with Crippen molar-refractivity contribution in [3.63, 3.8) is 0 Å². The van der Waals surface area contributed by atoms with Gasteiger partial charge in [-0.2, -0.15) is 0 Å². The average molecular weight is 275 g/mol. The maximum atomic E-state index is 12.2. The Balaban J connectivity index is 1.92. The number of nitrogens with zero attached hydrogens (tertiary/aromatic N) is 1. The lowest BCUT2D eigenvalue weighted by atomic mass is 10.1. The van der Waals surface area contributed by atoms with Crippen LogP contribution in [-0.2, 0) is 9.59 Å². The summed E-state index contributed by atoms with van der Waals surface area (Å²) in [5, 5.41) is 5.76. The Hall–Kier alpha value is -1.88. The predicted molar refractivity (Wildman–Crippen MR) is 77.0 cm³/mol. The van der Waals surface area contributed by atoms with Gasteiger partial charge in [0.1, 0.15) is 0 Å². The molecule has 2 rings (SSSR count). The fourth-order valence-corrected chi connectivity index (χ4v) is 2.31. The third-order valence-electron chi connectivity index (χ3n) is 3.65. The molecule has 1 saturated heterocycles. The van der Waals surface area contributed by atoms with Crippen molar-refractivity contribution in [1.82, 2.24) is 15.5 Å². The van der Waals surface area contributed by atoms with Crippen LogP contribution in [0, 0.1) is 0 Å². The van der Waals surface area contributed by atoms with Crippen LogP contribution in [0.2, 0.25) is 0 Å². The van der Waals surface area contributed by atoms with E-state index in [4.69, 9.17) is 0 Å². The van der Waals surface area contributed by atoms with E-state index in [1.807, 2.05) is 49.1 Å². The molecule has 2 atom stereocenters. The molecule has 0 aliphatic carbocycles. The lowest BCUT2D eigenvalue weighted by molar-refractivity contribution is -0.130. The highest BCUT2D eigenvalue weighted by Gasteiger charge is 2.26. The first kappa shape index (κ1) is 14.5. The topological polar surface area (TPSA) is 61.4 Å². The van der Waals surface area contributed by atoms with E-state index in [1.54, 1.807) is 0 Å². The Kier molecular flexibility index (Phi) is 4.74. The summed E-state index contributed by atoms with van der Waals surface area (Å²) in [5.74, 6) is -0.0666. The molecule has 2 amide bonds. The molecule has 1 aliphatic heterocycles. The van der Waals surface area contributed by atoms with Crippen LogP contribution in [-0.4, -0.2) is 42.4 Å². The van der Waals surface area contributed by atoms with Gasteiger partial charge in [-0.15, -0.1) is 0 Å². The second-order valence-electron chi connectivity index (χ2n) is 5.14. The molecule has 1 aromatic carbocycles. The number of carbonyl (C=O) groups excluding carboxylic acids is 2. The highest BCUT2D eigenvalue weighted by atomic mass is 16.2. The van der Waals surface area contributed by atoms with E-state index in [0.29, 0.717) is 13.1 Å². The van der Waals surface area contributed by atoms with Crippen LogP contribution in [0.25, 0.3) is 0 Å². The van der Waals surface area contributed by atoms with E-state index >= 15 is 0 Å². The van der Waals surface area contributed by atoms with Gasteiger partial charge in [-0.05, 0) is 19.4 Å². The maximum absolute atomic E-state index is 12.2. The monoisotopic (exact) mass is 275 g/mol. The Morgan fingerprint density at radius 1 is 1.30 bits per heavy atom. The van der Waals surface area contributed by atoms with E-state index < -0.39 is 0 Å². The summed E-state index contributed by atoms with van der Waals surface area (Å²) < 4.78 is 0. The van der Waals surface area contributed by atoms with E-state index in [2.05, 4.69) is 10.6 Å². The van der Waals surface area contributed by atoms with Gasteiger partial charge in [0, 0.05) is 13.1 Å². The summed E-state index contributed by atoms with van der Waals surface area (Å²) in [4.78, 5) is 25.5. The summed E-state index contributed by atoms with van der Waals surface area (Å²) in [6.07, 6.45) is 0. The quantitative estimate of drug-likeness (QED) is 0.849. The van der Waals surface area contributed by atoms with Gasteiger partial charge in [0.05, 0.1) is 18.6 Å². The summed E-state index contributed by atoms with van der Waals surface area (Å²) in [6, 6.07) is 9.50. The Labute approximate surface area is 119 Å². The smallest absolute Gasteiger partial charge is 0.237 e.